The maximum absolute atomic E-state index is 13.6. The van der Waals surface area contributed by atoms with E-state index in [-0.39, 0.29) is 6.42 Å². The van der Waals surface area contributed by atoms with Crippen LogP contribution in [0.3, 0.4) is 0 Å². The number of hydrogen-bond donors (Lipinski definition) is 1. The van der Waals surface area contributed by atoms with Gasteiger partial charge in [0.05, 0.1) is 26.9 Å². The van der Waals surface area contributed by atoms with Gasteiger partial charge in [-0.25, -0.2) is 13.0 Å². The highest BCUT2D eigenvalue weighted by molar-refractivity contribution is 7.84. The van der Waals surface area contributed by atoms with Gasteiger partial charge >= 0.3 is 7.12 Å². The van der Waals surface area contributed by atoms with Gasteiger partial charge in [0.2, 0.25) is 6.43 Å². The fraction of sp³-hybridized carbons (Fsp3) is 0.667. The van der Waals surface area contributed by atoms with Gasteiger partial charge in [-0.3, -0.25) is 5.14 Å². The summed E-state index contributed by atoms with van der Waals surface area (Å²) in [5.74, 6) is -1.04. The molecule has 8 heteroatoms. The highest BCUT2D eigenvalue weighted by Gasteiger charge is 2.51. The van der Waals surface area contributed by atoms with E-state index in [0.717, 1.165) is 5.46 Å². The lowest BCUT2D eigenvalue weighted by atomic mass is 9.78. The van der Waals surface area contributed by atoms with E-state index < -0.39 is 46.4 Å². The highest BCUT2D eigenvalue weighted by atomic mass is 32.2. The third-order valence-corrected chi connectivity index (χ3v) is 6.71. The molecule has 0 aliphatic carbocycles. The molecule has 1 heterocycles. The Balaban J connectivity index is 2.21. The van der Waals surface area contributed by atoms with Crippen molar-refractivity contribution in [1.29, 1.82) is 0 Å². The molecule has 26 heavy (non-hydrogen) atoms. The summed E-state index contributed by atoms with van der Waals surface area (Å²) in [5, 5.41) is 5.45. The summed E-state index contributed by atoms with van der Waals surface area (Å²) in [6.45, 7) is 11.1. The molecule has 0 bridgehead atoms. The third-order valence-electron chi connectivity index (χ3n) is 5.45. The van der Waals surface area contributed by atoms with Gasteiger partial charge in [0, 0.05) is 5.92 Å². The normalized spacial score (nSPS) is 21.8. The van der Waals surface area contributed by atoms with Gasteiger partial charge in [0.25, 0.3) is 0 Å². The zero-order chi connectivity index (χ0) is 19.9. The Bertz CT molecular complexity index is 649. The van der Waals surface area contributed by atoms with Crippen molar-refractivity contribution in [3.63, 3.8) is 0 Å². The first-order valence-electron chi connectivity index (χ1n) is 8.67. The van der Waals surface area contributed by atoms with Crippen molar-refractivity contribution >= 4 is 23.6 Å². The summed E-state index contributed by atoms with van der Waals surface area (Å²) in [7, 11) is -2.22. The quantitative estimate of drug-likeness (QED) is 0.763. The van der Waals surface area contributed by atoms with Gasteiger partial charge < -0.3 is 9.31 Å². The van der Waals surface area contributed by atoms with Crippen LogP contribution in [0, 0.1) is 0 Å². The first kappa shape index (κ1) is 21.5. The molecule has 4 nitrogen and oxygen atoms in total. The number of nitrogens with two attached hydrogens (primary N) is 1. The van der Waals surface area contributed by atoms with Crippen LogP contribution in [0.25, 0.3) is 0 Å². The zero-order valence-electron chi connectivity index (χ0n) is 16.2. The fourth-order valence-electron chi connectivity index (χ4n) is 2.84. The van der Waals surface area contributed by atoms with E-state index in [0.29, 0.717) is 5.56 Å². The van der Waals surface area contributed by atoms with E-state index in [2.05, 4.69) is 0 Å². The van der Waals surface area contributed by atoms with Gasteiger partial charge in [-0.05, 0) is 59.0 Å². The summed E-state index contributed by atoms with van der Waals surface area (Å²) in [6.07, 6.45) is -2.54. The molecule has 1 aromatic rings. The molecule has 1 aliphatic rings. The van der Waals surface area contributed by atoms with Crippen molar-refractivity contribution in [1.82, 2.24) is 0 Å². The van der Waals surface area contributed by atoms with E-state index in [1.165, 1.54) is 0 Å². The molecule has 0 amide bonds. The van der Waals surface area contributed by atoms with Crippen LogP contribution in [-0.2, 0) is 20.3 Å². The van der Waals surface area contributed by atoms with E-state index in [1.54, 1.807) is 38.1 Å². The van der Waals surface area contributed by atoms with Crippen LogP contribution in [-0.4, -0.2) is 33.7 Å². The molecule has 1 aromatic carbocycles. The monoisotopic (exact) mass is 387 g/mol. The summed E-state index contributed by atoms with van der Waals surface area (Å²) in [6, 6.07) is 6.82. The number of rotatable bonds is 6. The average molecular weight is 387 g/mol. The molecule has 2 rings (SSSR count). The Hall–Kier alpha value is -0.825. The molecule has 0 saturated carbocycles. The van der Waals surface area contributed by atoms with Gasteiger partial charge in [-0.1, -0.05) is 24.3 Å². The first-order chi connectivity index (χ1) is 11.8. The standard InChI is InChI=1S/C18H28BF2NO3S/c1-16(2,26(22)23)11-14(15(20)21)12-7-9-13(10-8-12)19-24-17(3,4)18(5,6)25-19/h7-10,14-15H,11,22H2,1-6H3/t14-,26?/m0/s1. The largest absolute Gasteiger partial charge is 0.494 e. The maximum Gasteiger partial charge on any atom is 0.494 e. The minimum atomic E-state index is -2.57. The Labute approximate surface area is 157 Å². The molecule has 0 spiro atoms. The van der Waals surface area contributed by atoms with Crippen molar-refractivity contribution in [2.45, 2.75) is 76.3 Å². The van der Waals surface area contributed by atoms with Gasteiger partial charge in [-0.2, -0.15) is 0 Å². The molecule has 1 fully saturated rings. The molecular formula is C18H28BF2NO3S. The topological polar surface area (TPSA) is 61.6 Å². The van der Waals surface area contributed by atoms with E-state index in [4.69, 9.17) is 14.4 Å². The average Bonchev–Trinajstić information content (AvgIpc) is 2.73. The van der Waals surface area contributed by atoms with Crippen LogP contribution in [0.2, 0.25) is 0 Å². The second-order valence-electron chi connectivity index (χ2n) is 8.46. The maximum atomic E-state index is 13.6. The molecular weight excluding hydrogens is 359 g/mol. The van der Waals surface area contributed by atoms with Gasteiger partial charge in [-0.15, -0.1) is 0 Å². The minimum Gasteiger partial charge on any atom is -0.399 e. The van der Waals surface area contributed by atoms with Crippen molar-refractivity contribution in [2.75, 3.05) is 0 Å². The smallest absolute Gasteiger partial charge is 0.399 e. The van der Waals surface area contributed by atoms with Crippen molar-refractivity contribution < 1.29 is 22.3 Å². The summed E-state index contributed by atoms with van der Waals surface area (Å²) < 4.78 is 49.9. The van der Waals surface area contributed by atoms with Gasteiger partial charge in [0.1, 0.15) is 0 Å². The predicted molar refractivity (Wildman–Crippen MR) is 102 cm³/mol. The Morgan fingerprint density at radius 3 is 1.96 bits per heavy atom. The van der Waals surface area contributed by atoms with Crippen LogP contribution in [0.15, 0.2) is 24.3 Å². The van der Waals surface area contributed by atoms with Crippen LogP contribution >= 0.6 is 0 Å². The molecule has 1 unspecified atom stereocenters. The fourth-order valence-corrected chi connectivity index (χ4v) is 3.19. The zero-order valence-corrected chi connectivity index (χ0v) is 17.0. The summed E-state index contributed by atoms with van der Waals surface area (Å²) >= 11 is 0. The lowest BCUT2D eigenvalue weighted by Gasteiger charge is -2.32. The lowest BCUT2D eigenvalue weighted by Crippen LogP contribution is -2.41. The molecule has 0 aromatic heterocycles. The second kappa shape index (κ2) is 7.30. The summed E-state index contributed by atoms with van der Waals surface area (Å²) in [5.41, 5.74) is 0.342. The molecule has 0 radical (unpaired) electrons. The van der Waals surface area contributed by atoms with Crippen LogP contribution in [0.4, 0.5) is 8.78 Å². The predicted octanol–water partition coefficient (Wildman–Crippen LogP) is 3.13. The number of alkyl halides is 2. The van der Waals surface area contributed by atoms with Gasteiger partial charge in [0.15, 0.2) is 0 Å². The summed E-state index contributed by atoms with van der Waals surface area (Å²) in [4.78, 5) is 0. The van der Waals surface area contributed by atoms with E-state index >= 15 is 0 Å². The lowest BCUT2D eigenvalue weighted by molar-refractivity contribution is 0.00578. The minimum absolute atomic E-state index is 0.0314. The molecule has 1 aliphatic heterocycles. The van der Waals surface area contributed by atoms with Crippen molar-refractivity contribution in [3.8, 4) is 0 Å². The number of hydrogen-bond acceptors (Lipinski definition) is 3. The van der Waals surface area contributed by atoms with Crippen LogP contribution in [0.1, 0.15) is 59.4 Å². The molecule has 2 atom stereocenters. The van der Waals surface area contributed by atoms with E-state index in [1.807, 2.05) is 27.7 Å². The Morgan fingerprint density at radius 1 is 1.12 bits per heavy atom. The Morgan fingerprint density at radius 2 is 1.58 bits per heavy atom. The molecule has 1 saturated heterocycles. The van der Waals surface area contributed by atoms with Crippen molar-refractivity contribution in [2.24, 2.45) is 5.14 Å². The van der Waals surface area contributed by atoms with Crippen molar-refractivity contribution in [3.05, 3.63) is 29.8 Å². The second-order valence-corrected chi connectivity index (χ2v) is 10.2. The molecule has 2 N–H and O–H groups in total. The highest BCUT2D eigenvalue weighted by Crippen LogP contribution is 2.37. The SMILES string of the molecule is CC(C)(C[C@@H](c1ccc(B2OC(C)(C)C(C)(C)O2)cc1)C(F)F)S(N)=O. The van der Waals surface area contributed by atoms with Crippen LogP contribution < -0.4 is 10.6 Å². The number of benzene rings is 1. The molecule has 146 valence electrons. The number of halogens is 2. The van der Waals surface area contributed by atoms with E-state index in [9.17, 15) is 13.0 Å². The van der Waals surface area contributed by atoms with Crippen LogP contribution in [0.5, 0.6) is 0 Å². The Kier molecular flexibility index (Phi) is 6.03. The third kappa shape index (κ3) is 4.35. The first-order valence-corrected chi connectivity index (χ1v) is 9.88.